The molecule has 10 heteroatoms. The van der Waals surface area contributed by atoms with Crippen molar-refractivity contribution in [3.63, 3.8) is 0 Å². The maximum Gasteiger partial charge on any atom is 0.321 e. The minimum Gasteiger partial charge on any atom is -0.460 e. The summed E-state index contributed by atoms with van der Waals surface area (Å²) in [5, 5.41) is 10.6. The molecule has 0 aliphatic rings. The summed E-state index contributed by atoms with van der Waals surface area (Å²) in [5.41, 5.74) is 0.429. The van der Waals surface area contributed by atoms with Gasteiger partial charge in [-0.3, -0.25) is 14.9 Å². The Morgan fingerprint density at radius 2 is 1.73 bits per heavy atom. The summed E-state index contributed by atoms with van der Waals surface area (Å²) in [6, 6.07) is 9.63. The first-order valence-electron chi connectivity index (χ1n) is 7.31. The zero-order valence-electron chi connectivity index (χ0n) is 13.7. The monoisotopic (exact) mass is 382 g/mol. The number of nitrogens with zero attached hydrogens (tertiary/aromatic N) is 2. The van der Waals surface area contributed by atoms with Crippen LogP contribution in [-0.2, 0) is 26.2 Å². The molecule has 0 fully saturated rings. The van der Waals surface area contributed by atoms with E-state index >= 15 is 0 Å². The van der Waals surface area contributed by atoms with Gasteiger partial charge in [-0.05, 0) is 42.0 Å². The minimum absolute atomic E-state index is 0.0924. The van der Waals surface area contributed by atoms with E-state index in [1.165, 1.54) is 31.3 Å². The lowest BCUT2D eigenvalue weighted by Gasteiger charge is -2.16. The van der Waals surface area contributed by atoms with Gasteiger partial charge in [0.1, 0.15) is 19.0 Å². The lowest BCUT2D eigenvalue weighted by atomic mass is 10.2. The second-order valence-electron chi connectivity index (χ2n) is 5.30. The molecular weight excluding hydrogens is 367 g/mol. The van der Waals surface area contributed by atoms with Crippen LogP contribution >= 0.6 is 0 Å². The summed E-state index contributed by atoms with van der Waals surface area (Å²) >= 11 is 0. The van der Waals surface area contributed by atoms with E-state index in [2.05, 4.69) is 0 Å². The fourth-order valence-electron chi connectivity index (χ4n) is 1.98. The summed E-state index contributed by atoms with van der Waals surface area (Å²) in [4.78, 5) is 21.7. The lowest BCUT2D eigenvalue weighted by molar-refractivity contribution is -0.384. The Kier molecular flexibility index (Phi) is 6.01. The third-order valence-corrected chi connectivity index (χ3v) is 5.24. The molecule has 0 amide bonds. The highest BCUT2D eigenvalue weighted by atomic mass is 32.2. The molecule has 2 rings (SSSR count). The van der Waals surface area contributed by atoms with E-state index < -0.39 is 33.3 Å². The normalized spacial score (nSPS) is 11.3. The number of non-ortho nitro benzene ring substituents is 1. The first-order valence-corrected chi connectivity index (χ1v) is 8.75. The lowest BCUT2D eigenvalue weighted by Crippen LogP contribution is -2.33. The fourth-order valence-corrected chi connectivity index (χ4v) is 3.09. The molecule has 0 unspecified atom stereocenters. The number of ether oxygens (including phenoxy) is 1. The molecule has 138 valence electrons. The Morgan fingerprint density at radius 1 is 1.15 bits per heavy atom. The third-order valence-electron chi connectivity index (χ3n) is 3.42. The molecular formula is C16H15FN2O6S. The van der Waals surface area contributed by atoms with Gasteiger partial charge in [-0.2, -0.15) is 4.31 Å². The van der Waals surface area contributed by atoms with Crippen molar-refractivity contribution in [1.29, 1.82) is 0 Å². The molecule has 8 nitrogen and oxygen atoms in total. The molecule has 26 heavy (non-hydrogen) atoms. The van der Waals surface area contributed by atoms with Crippen LogP contribution in [0.2, 0.25) is 0 Å². The standard InChI is InChI=1S/C16H15FN2O6S/c1-18(26(23,24)15-8-4-13(17)5-9-15)10-16(20)25-11-12-2-6-14(7-3-12)19(21)22/h2-9H,10-11H2,1H3. The van der Waals surface area contributed by atoms with Crippen molar-refractivity contribution in [2.75, 3.05) is 13.6 Å². The first kappa shape index (κ1) is 19.5. The zero-order valence-corrected chi connectivity index (χ0v) is 14.5. The van der Waals surface area contributed by atoms with E-state index in [4.69, 9.17) is 4.74 Å². The molecule has 0 aliphatic heterocycles. The van der Waals surface area contributed by atoms with Gasteiger partial charge in [0.15, 0.2) is 0 Å². The molecule has 0 aromatic heterocycles. The second-order valence-corrected chi connectivity index (χ2v) is 7.34. The minimum atomic E-state index is -3.96. The smallest absolute Gasteiger partial charge is 0.321 e. The van der Waals surface area contributed by atoms with Crippen LogP contribution in [0.3, 0.4) is 0 Å². The topological polar surface area (TPSA) is 107 Å². The summed E-state index contributed by atoms with van der Waals surface area (Å²) in [5.74, 6) is -1.37. The van der Waals surface area contributed by atoms with Gasteiger partial charge in [0.2, 0.25) is 10.0 Å². The first-order chi connectivity index (χ1) is 12.2. The van der Waals surface area contributed by atoms with Crippen LogP contribution in [0.5, 0.6) is 0 Å². The van der Waals surface area contributed by atoms with Crippen molar-refractivity contribution < 1.29 is 27.3 Å². The third kappa shape index (κ3) is 4.83. The number of nitro benzene ring substituents is 1. The maximum absolute atomic E-state index is 12.9. The highest BCUT2D eigenvalue weighted by Gasteiger charge is 2.23. The molecule has 0 heterocycles. The number of nitro groups is 1. The highest BCUT2D eigenvalue weighted by molar-refractivity contribution is 7.89. The van der Waals surface area contributed by atoms with Crippen molar-refractivity contribution in [2.24, 2.45) is 0 Å². The van der Waals surface area contributed by atoms with Gasteiger partial charge in [0.05, 0.1) is 9.82 Å². The summed E-state index contributed by atoms with van der Waals surface area (Å²) in [6.07, 6.45) is 0. The fraction of sp³-hybridized carbons (Fsp3) is 0.188. The Morgan fingerprint density at radius 3 is 2.27 bits per heavy atom. The number of esters is 1. The number of carbonyl (C=O) groups is 1. The van der Waals surface area contributed by atoms with E-state index in [0.29, 0.717) is 5.56 Å². The number of hydrogen-bond acceptors (Lipinski definition) is 6. The predicted molar refractivity (Wildman–Crippen MR) is 89.1 cm³/mol. The average molecular weight is 382 g/mol. The SMILES string of the molecule is CN(CC(=O)OCc1ccc([N+](=O)[O-])cc1)S(=O)(=O)c1ccc(F)cc1. The quantitative estimate of drug-likeness (QED) is 0.412. The van der Waals surface area contributed by atoms with Crippen molar-refractivity contribution in [3.8, 4) is 0 Å². The van der Waals surface area contributed by atoms with Gasteiger partial charge in [0, 0.05) is 19.2 Å². The zero-order chi connectivity index (χ0) is 19.3. The summed E-state index contributed by atoms with van der Waals surface area (Å²) in [6.45, 7) is -0.687. The van der Waals surface area contributed by atoms with Crippen LogP contribution in [0.25, 0.3) is 0 Å². The van der Waals surface area contributed by atoms with Crippen LogP contribution in [0.15, 0.2) is 53.4 Å². The molecule has 0 spiro atoms. The van der Waals surface area contributed by atoms with Gasteiger partial charge in [-0.1, -0.05) is 0 Å². The second kappa shape index (κ2) is 8.02. The van der Waals surface area contributed by atoms with Crippen LogP contribution in [-0.4, -0.2) is 37.2 Å². The van der Waals surface area contributed by atoms with Crippen molar-refractivity contribution in [1.82, 2.24) is 4.31 Å². The van der Waals surface area contributed by atoms with Gasteiger partial charge in [-0.25, -0.2) is 12.8 Å². The number of hydrogen-bond donors (Lipinski definition) is 0. The molecule has 0 radical (unpaired) electrons. The van der Waals surface area contributed by atoms with Gasteiger partial charge in [0.25, 0.3) is 5.69 Å². The molecule has 0 aliphatic carbocycles. The number of halogens is 1. The van der Waals surface area contributed by atoms with E-state index in [1.54, 1.807) is 0 Å². The maximum atomic E-state index is 12.9. The number of sulfonamides is 1. The van der Waals surface area contributed by atoms with Crippen LogP contribution < -0.4 is 0 Å². The van der Waals surface area contributed by atoms with Gasteiger partial charge in [-0.15, -0.1) is 0 Å². The Bertz CT molecular complexity index is 897. The molecule has 2 aromatic carbocycles. The Labute approximate surface area is 149 Å². The highest BCUT2D eigenvalue weighted by Crippen LogP contribution is 2.15. The number of benzene rings is 2. The van der Waals surface area contributed by atoms with E-state index in [1.807, 2.05) is 0 Å². The van der Waals surface area contributed by atoms with Gasteiger partial charge < -0.3 is 4.74 Å². The average Bonchev–Trinajstić information content (AvgIpc) is 2.60. The predicted octanol–water partition coefficient (Wildman–Crippen LogP) is 2.10. The summed E-state index contributed by atoms with van der Waals surface area (Å²) in [7, 11) is -2.76. The van der Waals surface area contributed by atoms with Gasteiger partial charge >= 0.3 is 5.97 Å². The number of likely N-dealkylation sites (N-methyl/N-ethyl adjacent to an activating group) is 1. The Hall–Kier alpha value is -2.85. The molecule has 0 atom stereocenters. The van der Waals surface area contributed by atoms with Crippen LogP contribution in [0.1, 0.15) is 5.56 Å². The van der Waals surface area contributed by atoms with Crippen molar-refractivity contribution in [3.05, 3.63) is 70.0 Å². The van der Waals surface area contributed by atoms with E-state index in [9.17, 15) is 27.7 Å². The molecule has 0 N–H and O–H groups in total. The Balaban J connectivity index is 1.94. The molecule has 0 saturated carbocycles. The van der Waals surface area contributed by atoms with Crippen LogP contribution in [0, 0.1) is 15.9 Å². The van der Waals surface area contributed by atoms with Crippen molar-refractivity contribution >= 4 is 21.7 Å². The molecule has 0 bridgehead atoms. The van der Waals surface area contributed by atoms with E-state index in [-0.39, 0.29) is 17.2 Å². The number of carbonyl (C=O) groups excluding carboxylic acids is 1. The van der Waals surface area contributed by atoms with Crippen LogP contribution in [0.4, 0.5) is 10.1 Å². The largest absolute Gasteiger partial charge is 0.460 e. The molecule has 0 saturated heterocycles. The molecule has 2 aromatic rings. The van der Waals surface area contributed by atoms with Crippen molar-refractivity contribution in [2.45, 2.75) is 11.5 Å². The number of rotatable bonds is 7. The van der Waals surface area contributed by atoms with E-state index in [0.717, 1.165) is 28.6 Å². The summed E-state index contributed by atoms with van der Waals surface area (Å²) < 4.78 is 43.2.